The summed E-state index contributed by atoms with van der Waals surface area (Å²) in [4.78, 5) is 23.9. The zero-order chi connectivity index (χ0) is 16.7. The fraction of sp³-hybridized carbons (Fsp3) is 0.444. The molecule has 2 unspecified atom stereocenters. The highest BCUT2D eigenvalue weighted by molar-refractivity contribution is 5.95. The summed E-state index contributed by atoms with van der Waals surface area (Å²) < 4.78 is 0. The molecule has 2 atom stereocenters. The molecule has 2 rings (SSSR count). The Balaban J connectivity index is 0.00000288. The molecule has 0 aliphatic heterocycles. The molecule has 0 bridgehead atoms. The second-order valence-electron chi connectivity index (χ2n) is 6.04. The molecule has 1 aliphatic carbocycles. The molecule has 0 radical (unpaired) electrons. The first-order valence-corrected chi connectivity index (χ1v) is 8.14. The molecular formula is C18H26ClN3O2. The molecule has 1 aromatic rings. The third kappa shape index (κ3) is 5.98. The summed E-state index contributed by atoms with van der Waals surface area (Å²) in [6.07, 6.45) is 6.43. The van der Waals surface area contributed by atoms with Gasteiger partial charge >= 0.3 is 0 Å². The number of rotatable bonds is 6. The normalized spacial score (nSPS) is 19.7. The lowest BCUT2D eigenvalue weighted by Gasteiger charge is -2.27. The number of hydrogen-bond donors (Lipinski definition) is 3. The zero-order valence-electron chi connectivity index (χ0n) is 13.8. The van der Waals surface area contributed by atoms with E-state index in [0.29, 0.717) is 24.2 Å². The average Bonchev–Trinajstić information content (AvgIpc) is 2.55. The predicted octanol–water partition coefficient (Wildman–Crippen LogP) is 2.87. The van der Waals surface area contributed by atoms with Gasteiger partial charge in [0.2, 0.25) is 5.91 Å². The van der Waals surface area contributed by atoms with Crippen LogP contribution in [0.4, 0.5) is 5.69 Å². The van der Waals surface area contributed by atoms with Crippen LogP contribution in [-0.4, -0.2) is 24.4 Å². The van der Waals surface area contributed by atoms with Gasteiger partial charge < -0.3 is 16.4 Å². The molecule has 1 saturated carbocycles. The zero-order valence-corrected chi connectivity index (χ0v) is 14.6. The summed E-state index contributed by atoms with van der Waals surface area (Å²) in [7, 11) is 0. The van der Waals surface area contributed by atoms with E-state index < -0.39 is 0 Å². The summed E-state index contributed by atoms with van der Waals surface area (Å²) in [5, 5.41) is 5.59. The fourth-order valence-electron chi connectivity index (χ4n) is 2.91. The van der Waals surface area contributed by atoms with Crippen LogP contribution in [0.15, 0.2) is 36.9 Å². The average molecular weight is 352 g/mol. The summed E-state index contributed by atoms with van der Waals surface area (Å²) in [5.74, 6) is 0.0971. The SMILES string of the molecule is C=CCNC(=O)c1ccc(NC(=O)CC2CCCCC2N)cc1.Cl. The first-order valence-electron chi connectivity index (χ1n) is 8.14. The van der Waals surface area contributed by atoms with Crippen molar-refractivity contribution in [3.05, 3.63) is 42.5 Å². The van der Waals surface area contributed by atoms with Gasteiger partial charge in [-0.3, -0.25) is 9.59 Å². The fourth-order valence-corrected chi connectivity index (χ4v) is 2.91. The van der Waals surface area contributed by atoms with Gasteiger partial charge in [-0.2, -0.15) is 0 Å². The van der Waals surface area contributed by atoms with Crippen molar-refractivity contribution in [2.24, 2.45) is 11.7 Å². The number of nitrogens with one attached hydrogen (secondary N) is 2. The lowest BCUT2D eigenvalue weighted by Crippen LogP contribution is -2.35. The van der Waals surface area contributed by atoms with Gasteiger partial charge in [-0.05, 0) is 43.0 Å². The lowest BCUT2D eigenvalue weighted by molar-refractivity contribution is -0.117. The van der Waals surface area contributed by atoms with Crippen LogP contribution in [0.3, 0.4) is 0 Å². The Kier molecular flexibility index (Phi) is 8.50. The molecule has 1 fully saturated rings. The van der Waals surface area contributed by atoms with Crippen LogP contribution in [0.1, 0.15) is 42.5 Å². The monoisotopic (exact) mass is 351 g/mol. The number of nitrogens with two attached hydrogens (primary N) is 1. The molecule has 0 saturated heterocycles. The standard InChI is InChI=1S/C18H25N3O2.ClH/c1-2-11-20-18(23)13-7-9-15(10-8-13)21-17(22)12-14-5-3-4-6-16(14)19;/h2,7-10,14,16H,1,3-6,11-12,19H2,(H,20,23)(H,21,22);1H. The first kappa shape index (κ1) is 20.2. The molecular weight excluding hydrogens is 326 g/mol. The van der Waals surface area contributed by atoms with Crippen molar-refractivity contribution < 1.29 is 9.59 Å². The second kappa shape index (κ2) is 10.1. The van der Waals surface area contributed by atoms with Crippen LogP contribution < -0.4 is 16.4 Å². The lowest BCUT2D eigenvalue weighted by atomic mass is 9.83. The number of hydrogen-bond acceptors (Lipinski definition) is 3. The topological polar surface area (TPSA) is 84.2 Å². The molecule has 5 nitrogen and oxygen atoms in total. The summed E-state index contributed by atoms with van der Waals surface area (Å²) >= 11 is 0. The minimum atomic E-state index is -0.157. The molecule has 4 N–H and O–H groups in total. The van der Waals surface area contributed by atoms with Gasteiger partial charge in [-0.15, -0.1) is 19.0 Å². The Hall–Kier alpha value is -1.85. The number of carbonyl (C=O) groups excluding carboxylic acids is 2. The number of carbonyl (C=O) groups is 2. The Bertz CT molecular complexity index is 560. The van der Waals surface area contributed by atoms with Gasteiger partial charge in [0.25, 0.3) is 5.91 Å². The van der Waals surface area contributed by atoms with Crippen molar-refractivity contribution >= 4 is 29.9 Å². The summed E-state index contributed by atoms with van der Waals surface area (Å²) in [6, 6.07) is 6.99. The molecule has 2 amide bonds. The van der Waals surface area contributed by atoms with E-state index in [0.717, 1.165) is 25.7 Å². The van der Waals surface area contributed by atoms with Crippen LogP contribution in [-0.2, 0) is 4.79 Å². The maximum atomic E-state index is 12.1. The molecule has 0 heterocycles. The summed E-state index contributed by atoms with van der Waals surface area (Å²) in [6.45, 7) is 3.98. The van der Waals surface area contributed by atoms with Crippen molar-refractivity contribution in [2.75, 3.05) is 11.9 Å². The maximum absolute atomic E-state index is 12.1. The first-order chi connectivity index (χ1) is 11.1. The van der Waals surface area contributed by atoms with Crippen LogP contribution in [0.5, 0.6) is 0 Å². The number of halogens is 1. The summed E-state index contributed by atoms with van der Waals surface area (Å²) in [5.41, 5.74) is 7.33. The Labute approximate surface area is 149 Å². The minimum Gasteiger partial charge on any atom is -0.349 e. The van der Waals surface area contributed by atoms with Gasteiger partial charge in [-0.25, -0.2) is 0 Å². The van der Waals surface area contributed by atoms with Gasteiger partial charge in [0.15, 0.2) is 0 Å². The van der Waals surface area contributed by atoms with E-state index in [4.69, 9.17) is 5.73 Å². The quantitative estimate of drug-likeness (QED) is 0.689. The van der Waals surface area contributed by atoms with Crippen molar-refractivity contribution in [3.63, 3.8) is 0 Å². The van der Waals surface area contributed by atoms with E-state index in [1.807, 2.05) is 0 Å². The molecule has 24 heavy (non-hydrogen) atoms. The molecule has 6 heteroatoms. The van der Waals surface area contributed by atoms with Crippen LogP contribution in [0, 0.1) is 5.92 Å². The van der Waals surface area contributed by atoms with Gasteiger partial charge in [0, 0.05) is 30.3 Å². The smallest absolute Gasteiger partial charge is 0.251 e. The van der Waals surface area contributed by atoms with Crippen molar-refractivity contribution in [1.82, 2.24) is 5.32 Å². The number of amides is 2. The van der Waals surface area contributed by atoms with Gasteiger partial charge in [0.1, 0.15) is 0 Å². The van der Waals surface area contributed by atoms with E-state index in [1.54, 1.807) is 30.3 Å². The van der Waals surface area contributed by atoms with Crippen molar-refractivity contribution in [3.8, 4) is 0 Å². The molecule has 0 spiro atoms. The molecule has 0 aromatic heterocycles. The highest BCUT2D eigenvalue weighted by atomic mass is 35.5. The number of benzene rings is 1. The highest BCUT2D eigenvalue weighted by Crippen LogP contribution is 2.26. The maximum Gasteiger partial charge on any atom is 0.251 e. The van der Waals surface area contributed by atoms with E-state index in [2.05, 4.69) is 17.2 Å². The van der Waals surface area contributed by atoms with Gasteiger partial charge in [0.05, 0.1) is 0 Å². The van der Waals surface area contributed by atoms with Crippen molar-refractivity contribution in [1.29, 1.82) is 0 Å². The van der Waals surface area contributed by atoms with Crippen molar-refractivity contribution in [2.45, 2.75) is 38.1 Å². The third-order valence-corrected chi connectivity index (χ3v) is 4.25. The minimum absolute atomic E-state index is 0. The third-order valence-electron chi connectivity index (χ3n) is 4.25. The van der Waals surface area contributed by atoms with E-state index >= 15 is 0 Å². The Morgan fingerprint density at radius 1 is 1.21 bits per heavy atom. The Morgan fingerprint density at radius 2 is 1.88 bits per heavy atom. The van der Waals surface area contributed by atoms with E-state index in [1.165, 1.54) is 0 Å². The van der Waals surface area contributed by atoms with Crippen LogP contribution >= 0.6 is 12.4 Å². The Morgan fingerprint density at radius 3 is 2.50 bits per heavy atom. The van der Waals surface area contributed by atoms with Gasteiger partial charge in [-0.1, -0.05) is 18.9 Å². The van der Waals surface area contributed by atoms with E-state index in [9.17, 15) is 9.59 Å². The molecule has 1 aromatic carbocycles. The molecule has 132 valence electrons. The van der Waals surface area contributed by atoms with E-state index in [-0.39, 0.29) is 36.2 Å². The second-order valence-corrected chi connectivity index (χ2v) is 6.04. The highest BCUT2D eigenvalue weighted by Gasteiger charge is 2.24. The van der Waals surface area contributed by atoms with Crippen LogP contribution in [0.25, 0.3) is 0 Å². The molecule has 1 aliphatic rings. The predicted molar refractivity (Wildman–Crippen MR) is 99.4 cm³/mol. The largest absolute Gasteiger partial charge is 0.349 e. The number of anilines is 1. The van der Waals surface area contributed by atoms with Crippen LogP contribution in [0.2, 0.25) is 0 Å².